The quantitative estimate of drug-likeness (QED) is 0.0240. The number of amides is 2. The summed E-state index contributed by atoms with van der Waals surface area (Å²) in [6, 6.07) is 0. The van der Waals surface area contributed by atoms with Crippen molar-refractivity contribution >= 4 is 31.9 Å². The van der Waals surface area contributed by atoms with E-state index in [-0.39, 0.29) is 31.6 Å². The summed E-state index contributed by atoms with van der Waals surface area (Å²) in [6.45, 7) is 1.34. The fourth-order valence-corrected chi connectivity index (χ4v) is 7.99. The van der Waals surface area contributed by atoms with Gasteiger partial charge >= 0.3 is 24.1 Å². The summed E-state index contributed by atoms with van der Waals surface area (Å²) in [5, 5.41) is 5.70. The average molecular weight is 846 g/mol. The smallest absolute Gasteiger partial charge is 0.407 e. The topological polar surface area (TPSA) is 199 Å². The number of hydrogen-bond acceptors (Lipinski definition) is 11. The average Bonchev–Trinajstić information content (AvgIpc) is 3.21. The molecule has 0 aromatic rings. The highest BCUT2D eigenvalue weighted by atomic mass is 31.2. The van der Waals surface area contributed by atoms with Gasteiger partial charge in [0.15, 0.2) is 6.10 Å². The zero-order chi connectivity index (χ0) is 41.9. The van der Waals surface area contributed by atoms with Gasteiger partial charge < -0.3 is 43.9 Å². The van der Waals surface area contributed by atoms with Gasteiger partial charge in [-0.05, 0) is 63.2 Å². The van der Waals surface area contributed by atoms with Gasteiger partial charge in [0.1, 0.15) is 6.61 Å². The third kappa shape index (κ3) is 31.5. The van der Waals surface area contributed by atoms with Crippen LogP contribution in [0.4, 0.5) is 9.59 Å². The minimum Gasteiger partial charge on any atom is -0.756 e. The molecule has 0 bridgehead atoms. The van der Waals surface area contributed by atoms with E-state index in [4.69, 9.17) is 23.8 Å². The van der Waals surface area contributed by atoms with E-state index in [0.717, 1.165) is 128 Å². The Bertz CT molecular complexity index is 1130. The second kappa shape index (κ2) is 34.3. The van der Waals surface area contributed by atoms with Gasteiger partial charge in [-0.25, -0.2) is 9.59 Å². The molecule has 2 atom stereocenters. The molecule has 0 spiro atoms. The van der Waals surface area contributed by atoms with Crippen LogP contribution in [0.15, 0.2) is 0 Å². The lowest BCUT2D eigenvalue weighted by Crippen LogP contribution is -2.30. The normalized spacial score (nSPS) is 16.5. The zero-order valence-corrected chi connectivity index (χ0v) is 36.5. The Morgan fingerprint density at radius 2 is 0.914 bits per heavy atom. The van der Waals surface area contributed by atoms with Crippen LogP contribution in [0.3, 0.4) is 0 Å². The number of alkyl carbamates (subject to hydrolysis) is 2. The lowest BCUT2D eigenvalue weighted by Gasteiger charge is -2.21. The van der Waals surface area contributed by atoms with E-state index in [9.17, 15) is 28.6 Å². The number of carbonyl (C=O) groups excluding carboxylic acids is 4. The molecule has 2 saturated carbocycles. The molecule has 2 rings (SSSR count). The van der Waals surface area contributed by atoms with Gasteiger partial charge in [0, 0.05) is 25.9 Å². The van der Waals surface area contributed by atoms with Gasteiger partial charge in [0.05, 0.1) is 19.8 Å². The van der Waals surface area contributed by atoms with E-state index >= 15 is 0 Å². The summed E-state index contributed by atoms with van der Waals surface area (Å²) in [6.07, 6.45) is 28.5. The van der Waals surface area contributed by atoms with E-state index in [0.29, 0.717) is 51.0 Å². The molecule has 2 aliphatic rings. The molecule has 0 radical (unpaired) electrons. The largest absolute Gasteiger partial charge is 0.756 e. The molecule has 2 aliphatic carbocycles. The molecule has 15 heteroatoms. The second-order valence-corrected chi connectivity index (χ2v) is 17.7. The van der Waals surface area contributed by atoms with Crippen molar-refractivity contribution in [3.8, 4) is 0 Å². The summed E-state index contributed by atoms with van der Waals surface area (Å²) in [5.74, 6) is 0.0262. The fourth-order valence-electron chi connectivity index (χ4n) is 7.64. The Balaban J connectivity index is 1.39. The Hall–Kier alpha value is -2.41. The van der Waals surface area contributed by atoms with Crippen molar-refractivity contribution in [2.75, 3.05) is 39.5 Å². The highest BCUT2D eigenvalue weighted by molar-refractivity contribution is 7.44. The lowest BCUT2D eigenvalue weighted by molar-refractivity contribution is -0.223. The van der Waals surface area contributed by atoms with Crippen LogP contribution >= 0.6 is 7.82 Å². The van der Waals surface area contributed by atoms with Gasteiger partial charge in [-0.2, -0.15) is 0 Å². The molecule has 0 aromatic heterocycles. The Morgan fingerprint density at radius 3 is 1.33 bits per heavy atom. The molecule has 338 valence electrons. The maximum absolute atomic E-state index is 12.4. The van der Waals surface area contributed by atoms with Crippen molar-refractivity contribution in [2.45, 2.75) is 199 Å². The molecule has 14 nitrogen and oxygen atoms in total. The molecule has 3 N–H and O–H groups in total. The van der Waals surface area contributed by atoms with Gasteiger partial charge in [0.25, 0.3) is 7.82 Å². The van der Waals surface area contributed by atoms with Crippen molar-refractivity contribution in [1.29, 1.82) is 0 Å². The van der Waals surface area contributed by atoms with E-state index in [1.165, 1.54) is 38.5 Å². The van der Waals surface area contributed by atoms with Crippen molar-refractivity contribution < 1.29 is 57.0 Å². The molecule has 0 heterocycles. The maximum Gasteiger partial charge on any atom is 0.407 e. The number of phosphoric acid groups is 1. The van der Waals surface area contributed by atoms with Crippen LogP contribution in [0.2, 0.25) is 0 Å². The minimum atomic E-state index is -5.04. The van der Waals surface area contributed by atoms with Gasteiger partial charge in [-0.1, -0.05) is 128 Å². The third-order valence-corrected chi connectivity index (χ3v) is 11.6. The summed E-state index contributed by atoms with van der Waals surface area (Å²) >= 11 is 0. The van der Waals surface area contributed by atoms with Crippen LogP contribution < -0.4 is 15.5 Å². The number of esters is 2. The number of hydrogen-bond donors (Lipinski definition) is 3. The van der Waals surface area contributed by atoms with Crippen LogP contribution in [0, 0.1) is 11.8 Å². The molecular weight excluding hydrogens is 767 g/mol. The molecule has 58 heavy (non-hydrogen) atoms. The summed E-state index contributed by atoms with van der Waals surface area (Å²) < 4.78 is 36.8. The van der Waals surface area contributed by atoms with E-state index in [1.54, 1.807) is 0 Å². The molecule has 0 saturated heterocycles. The van der Waals surface area contributed by atoms with Crippen LogP contribution in [0.1, 0.15) is 193 Å². The summed E-state index contributed by atoms with van der Waals surface area (Å²) in [7, 11) is -5.04. The van der Waals surface area contributed by atoms with Crippen LogP contribution in [-0.2, 0) is 37.6 Å². The number of nitrogens with one attached hydrogen (secondary N) is 2. The van der Waals surface area contributed by atoms with Crippen molar-refractivity contribution in [1.82, 2.24) is 10.6 Å². The predicted octanol–water partition coefficient (Wildman–Crippen LogP) is 9.33. The number of rotatable bonds is 34. The third-order valence-electron chi connectivity index (χ3n) is 11.2. The molecule has 0 aliphatic heterocycles. The zero-order valence-electron chi connectivity index (χ0n) is 35.6. The van der Waals surface area contributed by atoms with E-state index in [1.807, 2.05) is 0 Å². The highest BCUT2D eigenvalue weighted by Crippen LogP contribution is 2.30. The van der Waals surface area contributed by atoms with Crippen molar-refractivity contribution in [2.24, 2.45) is 11.8 Å². The number of unbranched alkanes of at least 4 members (excludes halogenated alkanes) is 16. The highest BCUT2D eigenvalue weighted by Gasteiger charge is 2.20. The lowest BCUT2D eigenvalue weighted by atomic mass is 9.90. The molecule has 2 unspecified atom stereocenters. The first-order valence-corrected chi connectivity index (χ1v) is 24.4. The number of phosphoric ester groups is 1. The summed E-state index contributed by atoms with van der Waals surface area (Å²) in [5.41, 5.74) is 0. The SMILES string of the molecule is O=C(CCCCCCCCCCCNC(=O)OCC1CCCCC1)OCC(COP(=O)([O-])O)OC(=O)CCCCCCCCCCCNC(=O)OCC1CCCCC1. The first-order valence-electron chi connectivity index (χ1n) is 23.0. The minimum absolute atomic E-state index is 0.142. The predicted molar refractivity (Wildman–Crippen MR) is 221 cm³/mol. The number of carbonyl (C=O) groups is 4. The van der Waals surface area contributed by atoms with Crippen LogP contribution in [0.5, 0.6) is 0 Å². The first kappa shape index (κ1) is 51.7. The van der Waals surface area contributed by atoms with Crippen molar-refractivity contribution in [3.05, 3.63) is 0 Å². The van der Waals surface area contributed by atoms with Crippen molar-refractivity contribution in [3.63, 3.8) is 0 Å². The molecule has 2 amide bonds. The Morgan fingerprint density at radius 1 is 0.534 bits per heavy atom. The van der Waals surface area contributed by atoms with Gasteiger partial charge in [-0.15, -0.1) is 0 Å². The summed E-state index contributed by atoms with van der Waals surface area (Å²) in [4.78, 5) is 68.6. The number of ether oxygens (including phenoxy) is 4. The fraction of sp³-hybridized carbons (Fsp3) is 0.907. The second-order valence-electron chi connectivity index (χ2n) is 16.5. The van der Waals surface area contributed by atoms with Gasteiger partial charge in [-0.3, -0.25) is 14.2 Å². The molecule has 2 fully saturated rings. The monoisotopic (exact) mass is 846 g/mol. The Kier molecular flexibility index (Phi) is 30.6. The van der Waals surface area contributed by atoms with Crippen LogP contribution in [-0.4, -0.2) is 74.6 Å². The van der Waals surface area contributed by atoms with Crippen LogP contribution in [0.25, 0.3) is 0 Å². The molecule has 0 aromatic carbocycles. The standard InChI is InChI=1S/C43H79N2O12P/c46-40(29-21-11-7-3-1-5-9-13-23-31-44-42(48)54-33-37-25-17-15-18-26-37)53-35-39(36-56-58(50,51)52)57-41(47)30-22-12-8-4-2-6-10-14-24-32-45-43(49)55-34-38-27-19-16-20-28-38/h37-39H,1-36H2,(H,44,48)(H,45,49)(H2,50,51,52)/p-1. The Labute approximate surface area is 349 Å². The maximum atomic E-state index is 12.4. The molecular formula is C43H78N2O12P-. The van der Waals surface area contributed by atoms with Gasteiger partial charge in [0.2, 0.25) is 0 Å². The first-order chi connectivity index (χ1) is 28.1. The van der Waals surface area contributed by atoms with E-state index in [2.05, 4.69) is 15.2 Å². The van der Waals surface area contributed by atoms with E-state index < -0.39 is 32.5 Å².